The number of piperidine rings is 1. The van der Waals surface area contributed by atoms with Crippen molar-refractivity contribution >= 4 is 11.9 Å². The molecular weight excluding hydrogens is 411 g/mol. The van der Waals surface area contributed by atoms with Gasteiger partial charge in [-0.25, -0.2) is 14.4 Å². The van der Waals surface area contributed by atoms with E-state index in [0.29, 0.717) is 31.2 Å². The van der Waals surface area contributed by atoms with Crippen LogP contribution >= 0.6 is 0 Å². The predicted octanol–water partition coefficient (Wildman–Crippen LogP) is 3.25. The van der Waals surface area contributed by atoms with E-state index in [0.717, 1.165) is 43.5 Å². The van der Waals surface area contributed by atoms with Crippen molar-refractivity contribution in [2.24, 2.45) is 0 Å². The van der Waals surface area contributed by atoms with Crippen molar-refractivity contribution in [2.45, 2.75) is 37.7 Å². The molecule has 1 aromatic carbocycles. The van der Waals surface area contributed by atoms with Crippen LogP contribution in [0.3, 0.4) is 0 Å². The molecule has 3 heterocycles. The normalized spacial score (nSPS) is 19.3. The number of anilines is 1. The lowest BCUT2D eigenvalue weighted by Gasteiger charge is -2.32. The summed E-state index contributed by atoms with van der Waals surface area (Å²) >= 11 is 0. The van der Waals surface area contributed by atoms with Crippen molar-refractivity contribution in [3.05, 3.63) is 42.0 Å². The van der Waals surface area contributed by atoms with E-state index in [1.165, 1.54) is 6.07 Å². The van der Waals surface area contributed by atoms with E-state index in [2.05, 4.69) is 4.98 Å². The summed E-state index contributed by atoms with van der Waals surface area (Å²) in [6.07, 6.45) is 5.42. The molecule has 2 fully saturated rings. The van der Waals surface area contributed by atoms with Crippen LogP contribution in [0.4, 0.5) is 10.3 Å². The molecule has 8 heteroatoms. The first-order valence-electron chi connectivity index (χ1n) is 11.3. The van der Waals surface area contributed by atoms with Crippen LogP contribution in [-0.2, 0) is 14.3 Å². The van der Waals surface area contributed by atoms with Crippen LogP contribution in [0.25, 0.3) is 11.1 Å². The number of hydrogen-bond acceptors (Lipinski definition) is 6. The molecule has 0 spiro atoms. The van der Waals surface area contributed by atoms with Crippen molar-refractivity contribution in [2.75, 3.05) is 51.9 Å². The predicted molar refractivity (Wildman–Crippen MR) is 120 cm³/mol. The van der Waals surface area contributed by atoms with Crippen LogP contribution in [0.15, 0.2) is 30.5 Å². The third-order valence-electron chi connectivity index (χ3n) is 6.16. The summed E-state index contributed by atoms with van der Waals surface area (Å²) in [6, 6.07) is 6.71. The topological polar surface area (TPSA) is 67.8 Å². The summed E-state index contributed by atoms with van der Waals surface area (Å²) in [5.41, 5.74) is 2.07. The van der Waals surface area contributed by atoms with Gasteiger partial charge >= 0.3 is 0 Å². The fraction of sp³-hybridized carbons (Fsp3) is 0.542. The molecule has 2 aromatic rings. The van der Waals surface area contributed by atoms with Crippen molar-refractivity contribution in [1.82, 2.24) is 14.9 Å². The minimum absolute atomic E-state index is 0.00689. The van der Waals surface area contributed by atoms with Gasteiger partial charge in [-0.2, -0.15) is 0 Å². The fourth-order valence-electron chi connectivity index (χ4n) is 4.35. The molecular formula is C24H31FN4O3. The van der Waals surface area contributed by atoms with Crippen LogP contribution in [0.5, 0.6) is 0 Å². The van der Waals surface area contributed by atoms with Gasteiger partial charge in [-0.1, -0.05) is 18.2 Å². The van der Waals surface area contributed by atoms with Crippen LogP contribution in [0.2, 0.25) is 0 Å². The highest BCUT2D eigenvalue weighted by molar-refractivity contribution is 5.77. The zero-order chi connectivity index (χ0) is 22.5. The number of carbonyl (C=O) groups excluding carboxylic acids is 1. The Morgan fingerprint density at radius 2 is 2.00 bits per heavy atom. The quantitative estimate of drug-likeness (QED) is 0.656. The van der Waals surface area contributed by atoms with Crippen LogP contribution in [0, 0.1) is 5.82 Å². The van der Waals surface area contributed by atoms with Gasteiger partial charge in [0.15, 0.2) is 0 Å². The Morgan fingerprint density at radius 3 is 2.69 bits per heavy atom. The zero-order valence-corrected chi connectivity index (χ0v) is 18.8. The summed E-state index contributed by atoms with van der Waals surface area (Å²) in [5.74, 6) is 0.447. The standard InChI is InChI=1S/C24H31FN4O3/c1-28(2)24-26-14-20(19-7-3-4-8-21(19)25)23(27-24)17-9-11-29(12-10-17)22(30)16-31-15-18-6-5-13-32-18/h3-4,7-8,14,17-18H,5-6,9-13,15-16H2,1-2H3. The second-order valence-corrected chi connectivity index (χ2v) is 8.65. The molecule has 2 aliphatic rings. The Kier molecular flexibility index (Phi) is 7.32. The molecule has 0 bridgehead atoms. The Hall–Kier alpha value is -2.58. The van der Waals surface area contributed by atoms with E-state index in [4.69, 9.17) is 14.5 Å². The molecule has 2 aliphatic heterocycles. The Bertz CT molecular complexity index is 925. The molecule has 2 saturated heterocycles. The monoisotopic (exact) mass is 442 g/mol. The second-order valence-electron chi connectivity index (χ2n) is 8.65. The second kappa shape index (κ2) is 10.4. The van der Waals surface area contributed by atoms with Gasteiger partial charge in [0.2, 0.25) is 11.9 Å². The maximum atomic E-state index is 14.5. The lowest BCUT2D eigenvalue weighted by molar-refractivity contribution is -0.138. The highest BCUT2D eigenvalue weighted by Crippen LogP contribution is 2.35. The Labute approximate surface area is 188 Å². The fourth-order valence-corrected chi connectivity index (χ4v) is 4.35. The number of amides is 1. The number of hydrogen-bond donors (Lipinski definition) is 0. The van der Waals surface area contributed by atoms with Gasteiger partial charge in [-0.05, 0) is 31.7 Å². The van der Waals surface area contributed by atoms with Gasteiger partial charge < -0.3 is 19.3 Å². The van der Waals surface area contributed by atoms with Crippen molar-refractivity contribution in [1.29, 1.82) is 0 Å². The number of ether oxygens (including phenoxy) is 2. The van der Waals surface area contributed by atoms with E-state index in [9.17, 15) is 9.18 Å². The number of benzene rings is 1. The number of aromatic nitrogens is 2. The summed E-state index contributed by atoms with van der Waals surface area (Å²) in [4.78, 5) is 25.5. The third kappa shape index (κ3) is 5.24. The highest BCUT2D eigenvalue weighted by Gasteiger charge is 2.28. The molecule has 1 amide bonds. The molecule has 4 rings (SSSR count). The molecule has 7 nitrogen and oxygen atoms in total. The van der Waals surface area contributed by atoms with E-state index >= 15 is 0 Å². The molecule has 0 N–H and O–H groups in total. The van der Waals surface area contributed by atoms with Gasteiger partial charge in [-0.15, -0.1) is 0 Å². The molecule has 1 aromatic heterocycles. The summed E-state index contributed by atoms with van der Waals surface area (Å²) in [6.45, 7) is 2.60. The Morgan fingerprint density at radius 1 is 1.22 bits per heavy atom. The van der Waals surface area contributed by atoms with Crippen LogP contribution in [0.1, 0.15) is 37.3 Å². The van der Waals surface area contributed by atoms with Crippen molar-refractivity contribution in [3.8, 4) is 11.1 Å². The Balaban J connectivity index is 1.42. The molecule has 172 valence electrons. The molecule has 0 aliphatic carbocycles. The molecule has 1 atom stereocenters. The van der Waals surface area contributed by atoms with E-state index in [1.54, 1.807) is 18.3 Å². The van der Waals surface area contributed by atoms with Gasteiger partial charge in [-0.3, -0.25) is 4.79 Å². The lowest BCUT2D eigenvalue weighted by Crippen LogP contribution is -2.40. The number of carbonyl (C=O) groups is 1. The SMILES string of the molecule is CN(C)c1ncc(-c2ccccc2F)c(C2CCN(C(=O)COCC3CCCO3)CC2)n1. The average molecular weight is 443 g/mol. The molecule has 0 saturated carbocycles. The largest absolute Gasteiger partial charge is 0.376 e. The van der Waals surface area contributed by atoms with E-state index in [1.807, 2.05) is 30.0 Å². The van der Waals surface area contributed by atoms with Gasteiger partial charge in [0.1, 0.15) is 12.4 Å². The molecule has 1 unspecified atom stereocenters. The number of halogens is 1. The minimum Gasteiger partial charge on any atom is -0.376 e. The van der Waals surface area contributed by atoms with Gasteiger partial charge in [0.05, 0.1) is 18.4 Å². The summed E-state index contributed by atoms with van der Waals surface area (Å²) in [5, 5.41) is 0. The van der Waals surface area contributed by atoms with Crippen molar-refractivity contribution in [3.63, 3.8) is 0 Å². The van der Waals surface area contributed by atoms with Gasteiger partial charge in [0, 0.05) is 57.0 Å². The first-order valence-corrected chi connectivity index (χ1v) is 11.3. The lowest BCUT2D eigenvalue weighted by atomic mass is 9.88. The number of likely N-dealkylation sites (tertiary alicyclic amines) is 1. The maximum Gasteiger partial charge on any atom is 0.248 e. The minimum atomic E-state index is -0.286. The third-order valence-corrected chi connectivity index (χ3v) is 6.16. The number of nitrogens with zero attached hydrogens (tertiary/aromatic N) is 4. The van der Waals surface area contributed by atoms with E-state index in [-0.39, 0.29) is 30.4 Å². The smallest absolute Gasteiger partial charge is 0.248 e. The maximum absolute atomic E-state index is 14.5. The van der Waals surface area contributed by atoms with Crippen LogP contribution < -0.4 is 4.90 Å². The molecule has 32 heavy (non-hydrogen) atoms. The highest BCUT2D eigenvalue weighted by atomic mass is 19.1. The summed E-state index contributed by atoms with van der Waals surface area (Å²) in [7, 11) is 3.78. The number of rotatable bonds is 7. The van der Waals surface area contributed by atoms with Crippen molar-refractivity contribution < 1.29 is 18.7 Å². The van der Waals surface area contributed by atoms with Gasteiger partial charge in [0.25, 0.3) is 0 Å². The van der Waals surface area contributed by atoms with Crippen LogP contribution in [-0.4, -0.2) is 73.9 Å². The first kappa shape index (κ1) is 22.6. The molecule has 0 radical (unpaired) electrons. The van der Waals surface area contributed by atoms with E-state index < -0.39 is 0 Å². The summed E-state index contributed by atoms with van der Waals surface area (Å²) < 4.78 is 25.7. The average Bonchev–Trinajstić information content (AvgIpc) is 3.33. The zero-order valence-electron chi connectivity index (χ0n) is 18.8. The first-order chi connectivity index (χ1) is 15.5.